The van der Waals surface area contributed by atoms with Crippen LogP contribution >= 0.6 is 11.6 Å². The average molecular weight is 776 g/mol. The molecule has 5 aromatic carbocycles. The molecule has 5 aromatic rings. The molecule has 57 heavy (non-hydrogen) atoms. The number of carbonyl (C=O) groups excluding carboxylic acids is 4. The van der Waals surface area contributed by atoms with Crippen molar-refractivity contribution in [2.24, 2.45) is 29.6 Å². The molecule has 4 aliphatic rings. The number of amides is 4. The first kappa shape index (κ1) is 36.2. The van der Waals surface area contributed by atoms with E-state index in [2.05, 4.69) is 5.32 Å². The number of allylic oxidation sites excluding steroid dienone is 3. The van der Waals surface area contributed by atoms with Crippen LogP contribution < -0.4 is 19.9 Å². The van der Waals surface area contributed by atoms with Crippen LogP contribution in [0.15, 0.2) is 145 Å². The molecule has 10 heteroatoms. The van der Waals surface area contributed by atoms with Crippen LogP contribution in [0, 0.1) is 29.6 Å². The minimum atomic E-state index is -1.39. The van der Waals surface area contributed by atoms with E-state index < -0.39 is 35.0 Å². The number of phenols is 1. The number of halogens is 1. The lowest BCUT2D eigenvalue weighted by Crippen LogP contribution is -2.54. The predicted molar refractivity (Wildman–Crippen MR) is 219 cm³/mol. The number of ether oxygens (including phenoxy) is 1. The molecule has 0 spiro atoms. The summed E-state index contributed by atoms with van der Waals surface area (Å²) in [4.78, 5) is 61.8. The molecule has 2 saturated heterocycles. The topological polar surface area (TPSA) is 116 Å². The Bertz CT molecular complexity index is 2490. The van der Waals surface area contributed by atoms with Crippen molar-refractivity contribution in [1.29, 1.82) is 0 Å². The van der Waals surface area contributed by atoms with Gasteiger partial charge in [-0.3, -0.25) is 24.1 Å². The van der Waals surface area contributed by atoms with Crippen LogP contribution in [0.1, 0.15) is 24.0 Å². The monoisotopic (exact) mass is 775 g/mol. The van der Waals surface area contributed by atoms with Gasteiger partial charge in [-0.15, -0.1) is 0 Å². The second kappa shape index (κ2) is 14.2. The zero-order chi connectivity index (χ0) is 39.4. The van der Waals surface area contributed by atoms with Gasteiger partial charge in [0.2, 0.25) is 23.6 Å². The molecule has 0 aromatic heterocycles. The second-order valence-electron chi connectivity index (χ2n) is 15.0. The van der Waals surface area contributed by atoms with E-state index in [0.29, 0.717) is 33.9 Å². The predicted octanol–water partition coefficient (Wildman–Crippen LogP) is 8.71. The van der Waals surface area contributed by atoms with E-state index in [1.807, 2.05) is 91.0 Å². The molecule has 2 N–H and O–H groups in total. The fourth-order valence-electron chi connectivity index (χ4n) is 9.63. The number of nitrogens with zero attached hydrogens (tertiary/aromatic N) is 2. The number of rotatable bonds is 8. The maximum Gasteiger partial charge on any atom is 0.246 e. The molecule has 6 atom stereocenters. The van der Waals surface area contributed by atoms with Crippen molar-refractivity contribution < 1.29 is 29.0 Å². The lowest BCUT2D eigenvalue weighted by Gasteiger charge is -2.49. The quantitative estimate of drug-likeness (QED) is 0.120. The minimum absolute atomic E-state index is 0.0148. The lowest BCUT2D eigenvalue weighted by atomic mass is 9.50. The third-order valence-corrected chi connectivity index (χ3v) is 12.3. The number of nitrogens with one attached hydrogen (secondary N) is 1. The van der Waals surface area contributed by atoms with Gasteiger partial charge in [0.25, 0.3) is 0 Å². The van der Waals surface area contributed by atoms with Crippen molar-refractivity contribution in [2.75, 3.05) is 22.2 Å². The smallest absolute Gasteiger partial charge is 0.246 e. The number of hydrogen-bond acceptors (Lipinski definition) is 7. The van der Waals surface area contributed by atoms with Gasteiger partial charge in [-0.1, -0.05) is 96.1 Å². The highest BCUT2D eigenvalue weighted by atomic mass is 35.5. The Kier molecular flexibility index (Phi) is 9.05. The van der Waals surface area contributed by atoms with Gasteiger partial charge in [-0.2, -0.15) is 0 Å². The highest BCUT2D eigenvalue weighted by Gasteiger charge is 2.69. The van der Waals surface area contributed by atoms with Crippen LogP contribution in [0.4, 0.5) is 22.7 Å². The zero-order valence-electron chi connectivity index (χ0n) is 30.9. The molecule has 0 radical (unpaired) electrons. The maximum absolute atomic E-state index is 15.4. The summed E-state index contributed by atoms with van der Waals surface area (Å²) in [5.74, 6) is -4.52. The average Bonchev–Trinajstić information content (AvgIpc) is 3.62. The molecule has 2 heterocycles. The Morgan fingerprint density at radius 3 is 2.19 bits per heavy atom. The lowest BCUT2D eigenvalue weighted by molar-refractivity contribution is -0.128. The number of carbonyl (C=O) groups is 4. The Labute approximate surface area is 334 Å². The molecule has 2 aliphatic carbocycles. The number of fused-ring (bicyclic) bond motifs is 4. The Morgan fingerprint density at radius 2 is 1.47 bits per heavy atom. The van der Waals surface area contributed by atoms with Crippen LogP contribution in [-0.4, -0.2) is 35.8 Å². The Morgan fingerprint density at radius 1 is 0.754 bits per heavy atom. The van der Waals surface area contributed by atoms with E-state index in [1.165, 1.54) is 23.0 Å². The number of hydrogen-bond donors (Lipinski definition) is 2. The third kappa shape index (κ3) is 5.84. The molecule has 0 bridgehead atoms. The van der Waals surface area contributed by atoms with Crippen molar-refractivity contribution in [3.8, 4) is 11.5 Å². The molecular weight excluding hydrogens is 738 g/mol. The summed E-state index contributed by atoms with van der Waals surface area (Å²) in [6.07, 6.45) is 6.32. The van der Waals surface area contributed by atoms with E-state index in [4.69, 9.17) is 16.3 Å². The van der Waals surface area contributed by atoms with Gasteiger partial charge < -0.3 is 15.2 Å². The van der Waals surface area contributed by atoms with Crippen LogP contribution in [0.5, 0.6) is 11.5 Å². The fraction of sp³-hybridized carbons (Fsp3) is 0.191. The molecule has 4 amide bonds. The van der Waals surface area contributed by atoms with E-state index in [0.717, 1.165) is 16.9 Å². The number of benzene rings is 5. The molecule has 6 unspecified atom stereocenters. The summed E-state index contributed by atoms with van der Waals surface area (Å²) in [6, 6.07) is 38.0. The summed E-state index contributed by atoms with van der Waals surface area (Å²) < 4.78 is 5.39. The van der Waals surface area contributed by atoms with E-state index >= 15 is 4.79 Å². The molecule has 9 nitrogen and oxygen atoms in total. The standard InChI is InChI=1S/C47H38ClN3O6/c1-57-41-25-28(16-24-40(41)52)15-23-38-35-21-22-36-42(45(55)50(43(36)53)33-19-17-32(18-20-33)49-31-12-6-3-7-13-31)37(35)27-39-44(54)51(34-14-8-11-30(48)26-34)46(56)47(38,39)29-9-4-2-5-10-29/h2-21,23-26,36-39,42,49,52H,22,27H2,1H3. The number of methoxy groups -OCH3 is 1. The van der Waals surface area contributed by atoms with Crippen LogP contribution in [0.2, 0.25) is 5.02 Å². The SMILES string of the molecule is COc1cc(C=CC2C3=CCC4C(=O)N(c5ccc(Nc6ccccc6)cc5)C(=O)C4C3CC3C(=O)N(c4cccc(Cl)c4)C(=O)C23c2ccccc2)ccc1O. The molecule has 3 fully saturated rings. The van der Waals surface area contributed by atoms with Crippen molar-refractivity contribution >= 4 is 64.1 Å². The molecule has 1 saturated carbocycles. The van der Waals surface area contributed by atoms with Crippen LogP contribution in [0.3, 0.4) is 0 Å². The van der Waals surface area contributed by atoms with Crippen molar-refractivity contribution in [3.05, 3.63) is 161 Å². The number of para-hydroxylation sites is 1. The van der Waals surface area contributed by atoms with E-state index in [-0.39, 0.29) is 41.5 Å². The highest BCUT2D eigenvalue weighted by molar-refractivity contribution is 6.32. The third-order valence-electron chi connectivity index (χ3n) is 12.1. The molecule has 284 valence electrons. The summed E-state index contributed by atoms with van der Waals surface area (Å²) in [6.45, 7) is 0. The van der Waals surface area contributed by atoms with Crippen molar-refractivity contribution in [2.45, 2.75) is 18.3 Å². The number of anilines is 4. The van der Waals surface area contributed by atoms with Gasteiger partial charge in [0.15, 0.2) is 11.5 Å². The van der Waals surface area contributed by atoms with Gasteiger partial charge in [0.1, 0.15) is 0 Å². The van der Waals surface area contributed by atoms with E-state index in [1.54, 1.807) is 48.5 Å². The van der Waals surface area contributed by atoms with Crippen LogP contribution in [-0.2, 0) is 24.6 Å². The first-order valence-electron chi connectivity index (χ1n) is 18.9. The Hall–Kier alpha value is -6.45. The van der Waals surface area contributed by atoms with Gasteiger partial charge in [-0.25, -0.2) is 4.90 Å². The second-order valence-corrected chi connectivity index (χ2v) is 15.4. The van der Waals surface area contributed by atoms with Gasteiger partial charge >= 0.3 is 0 Å². The minimum Gasteiger partial charge on any atom is -0.504 e. The molecule has 9 rings (SSSR count). The van der Waals surface area contributed by atoms with Gasteiger partial charge in [0.05, 0.1) is 41.7 Å². The Balaban J connectivity index is 1.15. The zero-order valence-corrected chi connectivity index (χ0v) is 31.7. The van der Waals surface area contributed by atoms with Crippen molar-refractivity contribution in [3.63, 3.8) is 0 Å². The fourth-order valence-corrected chi connectivity index (χ4v) is 9.82. The number of aromatic hydroxyl groups is 1. The molecule has 2 aliphatic heterocycles. The largest absolute Gasteiger partial charge is 0.504 e. The number of phenolic OH excluding ortho intramolecular Hbond substituents is 1. The first-order chi connectivity index (χ1) is 27.7. The van der Waals surface area contributed by atoms with Crippen molar-refractivity contribution in [1.82, 2.24) is 0 Å². The van der Waals surface area contributed by atoms with Gasteiger partial charge in [0, 0.05) is 22.3 Å². The first-order valence-corrected chi connectivity index (χ1v) is 19.3. The normalized spacial score (nSPS) is 25.3. The van der Waals surface area contributed by atoms with E-state index in [9.17, 15) is 19.5 Å². The van der Waals surface area contributed by atoms with Gasteiger partial charge in [-0.05, 0) is 96.6 Å². The summed E-state index contributed by atoms with van der Waals surface area (Å²) in [5, 5.41) is 14.1. The molecular formula is C47H38ClN3O6. The highest BCUT2D eigenvalue weighted by Crippen LogP contribution is 2.62. The van der Waals surface area contributed by atoms with Crippen LogP contribution in [0.25, 0.3) is 6.08 Å². The summed E-state index contributed by atoms with van der Waals surface area (Å²) in [7, 11) is 1.47. The summed E-state index contributed by atoms with van der Waals surface area (Å²) >= 11 is 6.43. The maximum atomic E-state index is 15.4. The summed E-state index contributed by atoms with van der Waals surface area (Å²) in [5.41, 5.74) is 3.40. The number of imide groups is 2.